The van der Waals surface area contributed by atoms with Crippen LogP contribution in [0.3, 0.4) is 0 Å². The van der Waals surface area contributed by atoms with Gasteiger partial charge in [-0.2, -0.15) is 18.3 Å². The summed E-state index contributed by atoms with van der Waals surface area (Å²) >= 11 is 0. The first-order valence-electron chi connectivity index (χ1n) is 6.24. The molecule has 0 spiro atoms. The van der Waals surface area contributed by atoms with Crippen molar-refractivity contribution in [2.24, 2.45) is 7.05 Å². The van der Waals surface area contributed by atoms with Gasteiger partial charge in [0.05, 0.1) is 12.2 Å². The molecule has 20 heavy (non-hydrogen) atoms. The number of carbonyl (C=O) groups is 1. The summed E-state index contributed by atoms with van der Waals surface area (Å²) in [5, 5.41) is 3.35. The Balaban J connectivity index is 2.23. The van der Waals surface area contributed by atoms with Gasteiger partial charge in [0.15, 0.2) is 5.69 Å². The van der Waals surface area contributed by atoms with Gasteiger partial charge in [-0.25, -0.2) is 0 Å². The van der Waals surface area contributed by atoms with E-state index in [1.54, 1.807) is 0 Å². The average molecular weight is 291 g/mol. The van der Waals surface area contributed by atoms with E-state index in [0.717, 1.165) is 10.7 Å². The van der Waals surface area contributed by atoms with Crippen molar-refractivity contribution in [3.05, 3.63) is 17.5 Å². The second-order valence-corrected chi connectivity index (χ2v) is 5.00. The molecule has 1 fully saturated rings. The summed E-state index contributed by atoms with van der Waals surface area (Å²) in [5.41, 5.74) is -1.13. The van der Waals surface area contributed by atoms with Gasteiger partial charge in [-0.15, -0.1) is 0 Å². The summed E-state index contributed by atoms with van der Waals surface area (Å²) in [7, 11) is 1.33. The van der Waals surface area contributed by atoms with Crippen molar-refractivity contribution in [3.8, 4) is 0 Å². The molecule has 8 heteroatoms. The van der Waals surface area contributed by atoms with Crippen LogP contribution in [-0.4, -0.2) is 45.9 Å². The van der Waals surface area contributed by atoms with Crippen molar-refractivity contribution in [2.45, 2.75) is 32.2 Å². The third-order valence-electron chi connectivity index (χ3n) is 3.10. The van der Waals surface area contributed by atoms with Gasteiger partial charge in [0.1, 0.15) is 5.69 Å². The number of alkyl halides is 3. The Morgan fingerprint density at radius 1 is 1.35 bits per heavy atom. The van der Waals surface area contributed by atoms with Gasteiger partial charge >= 0.3 is 6.18 Å². The van der Waals surface area contributed by atoms with E-state index in [1.165, 1.54) is 11.9 Å². The number of hydrogen-bond acceptors (Lipinski definition) is 3. The highest BCUT2D eigenvalue weighted by molar-refractivity contribution is 5.92. The number of rotatable bonds is 1. The van der Waals surface area contributed by atoms with Gasteiger partial charge in [0.25, 0.3) is 5.91 Å². The van der Waals surface area contributed by atoms with Gasteiger partial charge in [-0.1, -0.05) is 0 Å². The fourth-order valence-electron chi connectivity index (χ4n) is 2.31. The van der Waals surface area contributed by atoms with Crippen molar-refractivity contribution in [1.29, 1.82) is 0 Å². The molecule has 2 atom stereocenters. The maximum absolute atomic E-state index is 12.6. The summed E-state index contributed by atoms with van der Waals surface area (Å²) in [5.74, 6) is -0.461. The second kappa shape index (κ2) is 5.08. The average Bonchev–Trinajstić information content (AvgIpc) is 2.69. The minimum atomic E-state index is -4.55. The van der Waals surface area contributed by atoms with Crippen LogP contribution < -0.4 is 0 Å². The Morgan fingerprint density at radius 3 is 2.35 bits per heavy atom. The van der Waals surface area contributed by atoms with Gasteiger partial charge in [0, 0.05) is 26.2 Å². The molecule has 0 N–H and O–H groups in total. The molecule has 1 aromatic heterocycles. The molecule has 0 bridgehead atoms. The third kappa shape index (κ3) is 2.95. The maximum Gasteiger partial charge on any atom is 0.435 e. The monoisotopic (exact) mass is 291 g/mol. The molecule has 112 valence electrons. The molecule has 0 radical (unpaired) electrons. The summed E-state index contributed by atoms with van der Waals surface area (Å²) < 4.78 is 44.2. The Kier molecular flexibility index (Phi) is 3.77. The predicted molar refractivity (Wildman–Crippen MR) is 64.1 cm³/mol. The molecule has 2 heterocycles. The molecule has 1 aliphatic rings. The van der Waals surface area contributed by atoms with Crippen molar-refractivity contribution in [3.63, 3.8) is 0 Å². The lowest BCUT2D eigenvalue weighted by Crippen LogP contribution is -2.48. The van der Waals surface area contributed by atoms with Crippen LogP contribution in [0.25, 0.3) is 0 Å². The Bertz CT molecular complexity index is 503. The van der Waals surface area contributed by atoms with E-state index in [-0.39, 0.29) is 17.9 Å². The zero-order valence-electron chi connectivity index (χ0n) is 11.4. The number of morpholine rings is 1. The zero-order chi connectivity index (χ0) is 15.1. The van der Waals surface area contributed by atoms with Gasteiger partial charge in [0.2, 0.25) is 0 Å². The van der Waals surface area contributed by atoms with Gasteiger partial charge < -0.3 is 9.64 Å². The molecular weight excluding hydrogens is 275 g/mol. The summed E-state index contributed by atoms with van der Waals surface area (Å²) in [4.78, 5) is 13.8. The zero-order valence-corrected chi connectivity index (χ0v) is 11.4. The fourth-order valence-corrected chi connectivity index (χ4v) is 2.31. The molecule has 1 aliphatic heterocycles. The van der Waals surface area contributed by atoms with Crippen LogP contribution in [0.15, 0.2) is 6.07 Å². The van der Waals surface area contributed by atoms with E-state index in [0.29, 0.717) is 13.1 Å². The van der Waals surface area contributed by atoms with Crippen molar-refractivity contribution in [1.82, 2.24) is 14.7 Å². The van der Waals surface area contributed by atoms with Crippen LogP contribution in [-0.2, 0) is 18.0 Å². The van der Waals surface area contributed by atoms with Crippen LogP contribution in [0.5, 0.6) is 0 Å². The standard InChI is InChI=1S/C12H16F3N3O2/c1-7-5-18(6-8(2)20-7)11(19)9-4-10(12(13,14)15)16-17(9)3/h4,7-8H,5-6H2,1-3H3. The van der Waals surface area contributed by atoms with Gasteiger partial charge in [-0.05, 0) is 13.8 Å². The second-order valence-electron chi connectivity index (χ2n) is 5.00. The number of hydrogen-bond donors (Lipinski definition) is 0. The lowest BCUT2D eigenvalue weighted by atomic mass is 10.2. The highest BCUT2D eigenvalue weighted by Gasteiger charge is 2.36. The largest absolute Gasteiger partial charge is 0.435 e. The topological polar surface area (TPSA) is 47.4 Å². The normalized spacial score (nSPS) is 24.0. The Morgan fingerprint density at radius 2 is 1.90 bits per heavy atom. The minimum Gasteiger partial charge on any atom is -0.372 e. The molecule has 2 rings (SSSR count). The van der Waals surface area contributed by atoms with E-state index < -0.39 is 17.8 Å². The number of aryl methyl sites for hydroxylation is 1. The quantitative estimate of drug-likeness (QED) is 0.791. The van der Waals surface area contributed by atoms with E-state index in [4.69, 9.17) is 4.74 Å². The third-order valence-corrected chi connectivity index (χ3v) is 3.10. The number of carbonyl (C=O) groups excluding carboxylic acids is 1. The molecular formula is C12H16F3N3O2. The molecule has 0 aromatic carbocycles. The van der Waals surface area contributed by atoms with E-state index in [9.17, 15) is 18.0 Å². The first-order valence-corrected chi connectivity index (χ1v) is 6.24. The van der Waals surface area contributed by atoms with Crippen molar-refractivity contribution >= 4 is 5.91 Å². The molecule has 5 nitrogen and oxygen atoms in total. The smallest absolute Gasteiger partial charge is 0.372 e. The summed E-state index contributed by atoms with van der Waals surface area (Å²) in [6.45, 7) is 4.35. The predicted octanol–water partition coefficient (Wildman–Crippen LogP) is 1.69. The molecule has 1 aromatic rings. The van der Waals surface area contributed by atoms with Crippen molar-refractivity contribution < 1.29 is 22.7 Å². The minimum absolute atomic E-state index is 0.0707. The SMILES string of the molecule is CC1CN(C(=O)c2cc(C(F)(F)F)nn2C)CC(C)O1. The molecule has 0 saturated carbocycles. The first kappa shape index (κ1) is 14.8. The van der Waals surface area contributed by atoms with Gasteiger partial charge in [-0.3, -0.25) is 9.48 Å². The first-order chi connectivity index (χ1) is 9.18. The molecule has 0 aliphatic carbocycles. The highest BCUT2D eigenvalue weighted by Crippen LogP contribution is 2.28. The summed E-state index contributed by atoms with van der Waals surface area (Å²) in [6.07, 6.45) is -4.84. The van der Waals surface area contributed by atoms with Crippen LogP contribution in [0.4, 0.5) is 13.2 Å². The Hall–Kier alpha value is -1.57. The van der Waals surface area contributed by atoms with Crippen LogP contribution >= 0.6 is 0 Å². The Labute approximate surface area is 114 Å². The molecule has 1 amide bonds. The van der Waals surface area contributed by atoms with E-state index in [2.05, 4.69) is 5.10 Å². The molecule has 2 unspecified atom stereocenters. The lowest BCUT2D eigenvalue weighted by molar-refractivity contribution is -0.141. The van der Waals surface area contributed by atoms with Crippen LogP contribution in [0.2, 0.25) is 0 Å². The number of ether oxygens (including phenoxy) is 1. The number of amides is 1. The van der Waals surface area contributed by atoms with Crippen LogP contribution in [0, 0.1) is 0 Å². The fraction of sp³-hybridized carbons (Fsp3) is 0.667. The van der Waals surface area contributed by atoms with E-state index >= 15 is 0 Å². The van der Waals surface area contributed by atoms with Crippen LogP contribution in [0.1, 0.15) is 30.0 Å². The van der Waals surface area contributed by atoms with E-state index in [1.807, 2.05) is 13.8 Å². The highest BCUT2D eigenvalue weighted by atomic mass is 19.4. The number of halogens is 3. The number of aromatic nitrogens is 2. The molecule has 1 saturated heterocycles. The van der Waals surface area contributed by atoms with Crippen molar-refractivity contribution in [2.75, 3.05) is 13.1 Å². The summed E-state index contributed by atoms with van der Waals surface area (Å²) in [6, 6.07) is 0.785. The maximum atomic E-state index is 12.6. The lowest BCUT2D eigenvalue weighted by Gasteiger charge is -2.35. The number of nitrogens with zero attached hydrogens (tertiary/aromatic N) is 3.